The maximum Gasteiger partial charge on any atom is 0.438 e. The summed E-state index contributed by atoms with van der Waals surface area (Å²) in [6.07, 6.45) is -12.2. The van der Waals surface area contributed by atoms with Gasteiger partial charge in [-0.3, -0.25) is 9.35 Å². The lowest BCUT2D eigenvalue weighted by atomic mass is 9.48. The van der Waals surface area contributed by atoms with Crippen molar-refractivity contribution < 1.29 is 58.4 Å². The lowest BCUT2D eigenvalue weighted by Gasteiger charge is -2.60. The fraction of sp³-hybridized carbons (Fsp3) is 0.789. The number of ether oxygens (including phenoxy) is 2. The van der Waals surface area contributed by atoms with E-state index in [0.717, 1.165) is 0 Å². The Morgan fingerprint density at radius 1 is 1.03 bits per heavy atom. The van der Waals surface area contributed by atoms with E-state index >= 15 is 0 Å². The quantitative estimate of drug-likeness (QED) is 0.252. The van der Waals surface area contributed by atoms with Gasteiger partial charge in [0.25, 0.3) is 10.1 Å². The highest BCUT2D eigenvalue weighted by molar-refractivity contribution is 7.85. The van der Waals surface area contributed by atoms with Gasteiger partial charge >= 0.3 is 29.9 Å². The van der Waals surface area contributed by atoms with Crippen LogP contribution < -0.4 is 0 Å². The number of halogens is 6. The van der Waals surface area contributed by atoms with Gasteiger partial charge in [0.1, 0.15) is 11.4 Å². The van der Waals surface area contributed by atoms with Crippen LogP contribution in [0.1, 0.15) is 45.4 Å². The van der Waals surface area contributed by atoms with E-state index in [2.05, 4.69) is 11.3 Å². The third-order valence-corrected chi connectivity index (χ3v) is 7.44. The zero-order chi connectivity index (χ0) is 25.3. The molecule has 4 rings (SSSR count). The van der Waals surface area contributed by atoms with Crippen molar-refractivity contribution in [3.63, 3.8) is 0 Å². The van der Waals surface area contributed by atoms with E-state index in [1.54, 1.807) is 0 Å². The number of esters is 2. The SMILES string of the molecule is C=C(C)C(=O)OC12CC3CC(C1)CC(C(=O)OC(CS(=O)(=O)O)(C(F)(F)F)C(F)(F)F)(C3)C2. The molecule has 33 heavy (non-hydrogen) atoms. The van der Waals surface area contributed by atoms with Gasteiger partial charge in [0.15, 0.2) is 0 Å². The monoisotopic (exact) mass is 508 g/mol. The molecule has 0 aromatic rings. The summed E-state index contributed by atoms with van der Waals surface area (Å²) < 4.78 is 122. The minimum atomic E-state index is -6.40. The molecular formula is C19H22F6O7S. The van der Waals surface area contributed by atoms with Crippen molar-refractivity contribution in [2.45, 2.75) is 69.0 Å². The molecule has 0 saturated heterocycles. The molecule has 14 heteroatoms. The summed E-state index contributed by atoms with van der Waals surface area (Å²) in [6.45, 7) is 4.81. The predicted octanol–water partition coefficient (Wildman–Crippen LogP) is 3.74. The fourth-order valence-electron chi connectivity index (χ4n) is 5.81. The summed E-state index contributed by atoms with van der Waals surface area (Å²) in [5.74, 6) is -6.25. The van der Waals surface area contributed by atoms with Gasteiger partial charge in [-0.2, -0.15) is 34.8 Å². The molecule has 4 aliphatic rings. The Morgan fingerprint density at radius 3 is 1.91 bits per heavy atom. The molecule has 0 spiro atoms. The highest BCUT2D eigenvalue weighted by atomic mass is 32.2. The van der Waals surface area contributed by atoms with Crippen molar-refractivity contribution in [2.24, 2.45) is 17.3 Å². The van der Waals surface area contributed by atoms with Crippen molar-refractivity contribution in [1.82, 2.24) is 0 Å². The van der Waals surface area contributed by atoms with Crippen LogP contribution in [-0.2, 0) is 29.2 Å². The highest BCUT2D eigenvalue weighted by Crippen LogP contribution is 2.64. The molecule has 0 amide bonds. The Kier molecular flexibility index (Phi) is 5.93. The average Bonchev–Trinajstić information content (AvgIpc) is 2.56. The van der Waals surface area contributed by atoms with E-state index in [9.17, 15) is 44.3 Å². The van der Waals surface area contributed by atoms with Gasteiger partial charge in [-0.15, -0.1) is 0 Å². The first-order chi connectivity index (χ1) is 14.7. The van der Waals surface area contributed by atoms with Crippen LogP contribution in [0, 0.1) is 17.3 Å². The largest absolute Gasteiger partial charge is 0.456 e. The summed E-state index contributed by atoms with van der Waals surface area (Å²) in [6, 6.07) is 0. The van der Waals surface area contributed by atoms with E-state index in [1.165, 1.54) is 6.92 Å². The molecule has 4 fully saturated rings. The topological polar surface area (TPSA) is 107 Å². The van der Waals surface area contributed by atoms with Gasteiger partial charge in [-0.05, 0) is 50.9 Å². The molecule has 0 aromatic carbocycles. The van der Waals surface area contributed by atoms with E-state index < -0.39 is 56.8 Å². The van der Waals surface area contributed by atoms with Crippen LogP contribution in [0.25, 0.3) is 0 Å². The molecule has 0 heterocycles. The highest BCUT2D eigenvalue weighted by Gasteiger charge is 2.77. The zero-order valence-electron chi connectivity index (χ0n) is 17.4. The van der Waals surface area contributed by atoms with Crippen LogP contribution in [0.4, 0.5) is 26.3 Å². The van der Waals surface area contributed by atoms with E-state index in [-0.39, 0.29) is 49.5 Å². The van der Waals surface area contributed by atoms with Gasteiger partial charge in [-0.1, -0.05) is 6.58 Å². The number of alkyl halides is 6. The first-order valence-corrected chi connectivity index (χ1v) is 11.6. The van der Waals surface area contributed by atoms with Gasteiger partial charge in [0.2, 0.25) is 0 Å². The van der Waals surface area contributed by atoms with Gasteiger partial charge in [-0.25, -0.2) is 4.79 Å². The molecule has 2 unspecified atom stereocenters. The smallest absolute Gasteiger partial charge is 0.438 e. The summed E-state index contributed by atoms with van der Waals surface area (Å²) in [5, 5.41) is 0. The number of hydrogen-bond acceptors (Lipinski definition) is 6. The van der Waals surface area contributed by atoms with Crippen LogP contribution in [-0.4, -0.2) is 54.2 Å². The van der Waals surface area contributed by atoms with Crippen molar-refractivity contribution in [1.29, 1.82) is 0 Å². The van der Waals surface area contributed by atoms with Crippen molar-refractivity contribution >= 4 is 22.1 Å². The average molecular weight is 508 g/mol. The Bertz CT molecular complexity index is 940. The lowest BCUT2D eigenvalue weighted by Crippen LogP contribution is -2.66. The molecule has 0 aromatic heterocycles. The van der Waals surface area contributed by atoms with E-state index in [0.29, 0.717) is 6.42 Å². The number of hydrogen-bond donors (Lipinski definition) is 1. The predicted molar refractivity (Wildman–Crippen MR) is 98.1 cm³/mol. The van der Waals surface area contributed by atoms with Crippen molar-refractivity contribution in [2.75, 3.05) is 5.75 Å². The normalized spacial score (nSPS) is 31.9. The number of carbonyl (C=O) groups is 2. The first-order valence-electron chi connectivity index (χ1n) is 9.94. The second-order valence-corrected chi connectivity index (χ2v) is 11.0. The third kappa shape index (κ3) is 4.60. The summed E-state index contributed by atoms with van der Waals surface area (Å²) in [5.41, 5.74) is -8.54. The summed E-state index contributed by atoms with van der Waals surface area (Å²) in [7, 11) is -5.88. The standard InChI is InChI=1S/C19H22F6O7S/c1-10(2)13(26)31-16-6-11-3-12(7-16)5-15(4-11,8-16)14(27)32-17(18(20,21)22,19(23,24)25)9-33(28,29)30/h11-12H,1,3-9H2,2H3,(H,28,29,30). The Balaban J connectivity index is 2.00. The molecule has 0 aliphatic heterocycles. The fourth-order valence-corrected chi connectivity index (χ4v) is 6.71. The van der Waals surface area contributed by atoms with Gasteiger partial charge in [0, 0.05) is 12.0 Å². The number of rotatable bonds is 6. The zero-order valence-corrected chi connectivity index (χ0v) is 18.2. The molecule has 4 aliphatic carbocycles. The minimum Gasteiger partial charge on any atom is -0.456 e. The Labute approximate surface area is 185 Å². The second-order valence-electron chi connectivity index (χ2n) is 9.53. The molecule has 2 atom stereocenters. The molecule has 0 radical (unpaired) electrons. The Hall–Kier alpha value is -1.83. The van der Waals surface area contributed by atoms with Crippen LogP contribution in [0.2, 0.25) is 0 Å². The molecule has 7 nitrogen and oxygen atoms in total. The van der Waals surface area contributed by atoms with Crippen LogP contribution in [0.5, 0.6) is 0 Å². The van der Waals surface area contributed by atoms with Crippen LogP contribution in [0.3, 0.4) is 0 Å². The van der Waals surface area contributed by atoms with Crippen LogP contribution >= 0.6 is 0 Å². The maximum atomic E-state index is 13.6. The van der Waals surface area contributed by atoms with Gasteiger partial charge < -0.3 is 9.47 Å². The second kappa shape index (κ2) is 7.59. The van der Waals surface area contributed by atoms with E-state index in [4.69, 9.17) is 9.29 Å². The molecule has 1 N–H and O–H groups in total. The molecule has 4 saturated carbocycles. The van der Waals surface area contributed by atoms with Crippen molar-refractivity contribution in [3.8, 4) is 0 Å². The van der Waals surface area contributed by atoms with Crippen molar-refractivity contribution in [3.05, 3.63) is 12.2 Å². The lowest BCUT2D eigenvalue weighted by molar-refractivity contribution is -0.364. The van der Waals surface area contributed by atoms with Gasteiger partial charge in [0.05, 0.1) is 5.41 Å². The maximum absolute atomic E-state index is 13.6. The minimum absolute atomic E-state index is 0.0312. The first kappa shape index (κ1) is 25.8. The summed E-state index contributed by atoms with van der Waals surface area (Å²) >= 11 is 0. The van der Waals surface area contributed by atoms with Crippen LogP contribution in [0.15, 0.2) is 12.2 Å². The third-order valence-electron chi connectivity index (χ3n) is 6.67. The Morgan fingerprint density at radius 2 is 1.52 bits per heavy atom. The summed E-state index contributed by atoms with van der Waals surface area (Å²) in [4.78, 5) is 25.1. The number of carbonyl (C=O) groups excluding carboxylic acids is 2. The molecular weight excluding hydrogens is 486 g/mol. The van der Waals surface area contributed by atoms with E-state index in [1.807, 2.05) is 0 Å². The molecule has 188 valence electrons. The molecule has 4 bridgehead atoms.